The Morgan fingerprint density at radius 2 is 1.69 bits per heavy atom. The van der Waals surface area contributed by atoms with Crippen LogP contribution in [0.1, 0.15) is 5.56 Å². The molecule has 0 spiro atoms. The van der Waals surface area contributed by atoms with Crippen LogP contribution in [0, 0.1) is 3.57 Å². The topological polar surface area (TPSA) is 9.23 Å². The van der Waals surface area contributed by atoms with Crippen molar-refractivity contribution in [1.29, 1.82) is 0 Å². The summed E-state index contributed by atoms with van der Waals surface area (Å²) in [5.74, 6) is 0.915. The average molecular weight is 345 g/mol. The van der Waals surface area contributed by atoms with E-state index in [1.807, 2.05) is 48.5 Å². The van der Waals surface area contributed by atoms with Crippen LogP contribution in [-0.4, -0.2) is 0 Å². The molecule has 0 aliphatic rings. The number of ether oxygens (including phenoxy) is 1. The minimum absolute atomic E-state index is 0.567. The standard InChI is InChI=1S/C13H10ClIO/c14-11-7-5-10(6-8-11)9-16-13-4-2-1-3-12(13)15/h1-8H,9H2. The third kappa shape index (κ3) is 3.12. The summed E-state index contributed by atoms with van der Waals surface area (Å²) in [6.45, 7) is 0.567. The first-order valence-electron chi connectivity index (χ1n) is 4.87. The third-order valence-electron chi connectivity index (χ3n) is 2.14. The molecule has 0 saturated heterocycles. The minimum Gasteiger partial charge on any atom is -0.488 e. The zero-order valence-electron chi connectivity index (χ0n) is 8.49. The van der Waals surface area contributed by atoms with E-state index in [4.69, 9.17) is 16.3 Å². The number of rotatable bonds is 3. The van der Waals surface area contributed by atoms with Crippen molar-refractivity contribution in [1.82, 2.24) is 0 Å². The molecule has 0 amide bonds. The summed E-state index contributed by atoms with van der Waals surface area (Å²) in [5, 5.41) is 0.748. The predicted octanol–water partition coefficient (Wildman–Crippen LogP) is 4.52. The van der Waals surface area contributed by atoms with Gasteiger partial charge >= 0.3 is 0 Å². The molecule has 0 fully saturated rings. The van der Waals surface area contributed by atoms with Gasteiger partial charge in [0.15, 0.2) is 0 Å². The molecule has 2 rings (SSSR count). The van der Waals surface area contributed by atoms with E-state index in [-0.39, 0.29) is 0 Å². The van der Waals surface area contributed by atoms with E-state index in [1.165, 1.54) is 0 Å². The highest BCUT2D eigenvalue weighted by Gasteiger charge is 1.99. The Balaban J connectivity index is 2.02. The van der Waals surface area contributed by atoms with E-state index in [0.717, 1.165) is 19.9 Å². The smallest absolute Gasteiger partial charge is 0.133 e. The molecule has 0 heterocycles. The molecule has 0 aliphatic carbocycles. The Hall–Kier alpha value is -0.740. The first-order chi connectivity index (χ1) is 7.75. The molecule has 2 aromatic rings. The molecule has 2 aromatic carbocycles. The van der Waals surface area contributed by atoms with Crippen LogP contribution in [0.15, 0.2) is 48.5 Å². The van der Waals surface area contributed by atoms with Crippen molar-refractivity contribution in [2.45, 2.75) is 6.61 Å². The molecule has 0 bridgehead atoms. The second-order valence-corrected chi connectivity index (χ2v) is 4.94. The zero-order chi connectivity index (χ0) is 11.4. The van der Waals surface area contributed by atoms with Gasteiger partial charge in [-0.2, -0.15) is 0 Å². The number of hydrogen-bond donors (Lipinski definition) is 0. The molecule has 1 nitrogen and oxygen atoms in total. The molecule has 0 N–H and O–H groups in total. The van der Waals surface area contributed by atoms with Gasteiger partial charge in [-0.3, -0.25) is 0 Å². The largest absolute Gasteiger partial charge is 0.488 e. The number of para-hydroxylation sites is 1. The van der Waals surface area contributed by atoms with Gasteiger partial charge in [-0.25, -0.2) is 0 Å². The monoisotopic (exact) mass is 344 g/mol. The van der Waals surface area contributed by atoms with Gasteiger partial charge in [0.1, 0.15) is 12.4 Å². The maximum atomic E-state index is 5.81. The zero-order valence-corrected chi connectivity index (χ0v) is 11.4. The summed E-state index contributed by atoms with van der Waals surface area (Å²) in [7, 11) is 0. The van der Waals surface area contributed by atoms with Crippen LogP contribution < -0.4 is 4.74 Å². The van der Waals surface area contributed by atoms with Crippen LogP contribution in [0.2, 0.25) is 5.02 Å². The van der Waals surface area contributed by atoms with E-state index >= 15 is 0 Å². The Morgan fingerprint density at radius 3 is 2.38 bits per heavy atom. The van der Waals surface area contributed by atoms with Crippen LogP contribution in [0.4, 0.5) is 0 Å². The second-order valence-electron chi connectivity index (χ2n) is 3.35. The van der Waals surface area contributed by atoms with Gasteiger partial charge in [0.05, 0.1) is 3.57 Å². The van der Waals surface area contributed by atoms with Crippen molar-refractivity contribution < 1.29 is 4.74 Å². The molecule has 0 saturated carbocycles. The van der Waals surface area contributed by atoms with E-state index in [0.29, 0.717) is 6.61 Å². The first-order valence-corrected chi connectivity index (χ1v) is 6.33. The van der Waals surface area contributed by atoms with E-state index in [9.17, 15) is 0 Å². The van der Waals surface area contributed by atoms with Crippen molar-refractivity contribution in [3.63, 3.8) is 0 Å². The molecule has 0 aromatic heterocycles. The maximum Gasteiger partial charge on any atom is 0.133 e. The third-order valence-corrected chi connectivity index (χ3v) is 3.29. The fourth-order valence-electron chi connectivity index (χ4n) is 1.30. The molecule has 82 valence electrons. The molecular formula is C13H10ClIO. The lowest BCUT2D eigenvalue weighted by molar-refractivity contribution is 0.304. The van der Waals surface area contributed by atoms with Crippen LogP contribution in [0.5, 0.6) is 5.75 Å². The quantitative estimate of drug-likeness (QED) is 0.744. The molecule has 0 aliphatic heterocycles. The minimum atomic E-state index is 0.567. The first kappa shape index (κ1) is 11.7. The highest BCUT2D eigenvalue weighted by molar-refractivity contribution is 14.1. The fourth-order valence-corrected chi connectivity index (χ4v) is 1.97. The van der Waals surface area contributed by atoms with Crippen LogP contribution in [-0.2, 0) is 6.61 Å². The van der Waals surface area contributed by atoms with Gasteiger partial charge in [0, 0.05) is 5.02 Å². The maximum absolute atomic E-state index is 5.81. The van der Waals surface area contributed by atoms with Crippen LogP contribution >= 0.6 is 34.2 Å². The number of benzene rings is 2. The van der Waals surface area contributed by atoms with Gasteiger partial charge < -0.3 is 4.74 Å². The number of hydrogen-bond acceptors (Lipinski definition) is 1. The molecular weight excluding hydrogens is 334 g/mol. The van der Waals surface area contributed by atoms with Crippen molar-refractivity contribution >= 4 is 34.2 Å². The van der Waals surface area contributed by atoms with Crippen molar-refractivity contribution in [3.8, 4) is 5.75 Å². The van der Waals surface area contributed by atoms with Crippen LogP contribution in [0.25, 0.3) is 0 Å². The van der Waals surface area contributed by atoms with Gasteiger partial charge in [0.25, 0.3) is 0 Å². The normalized spacial score (nSPS) is 10.1. The van der Waals surface area contributed by atoms with Crippen molar-refractivity contribution in [3.05, 3.63) is 62.7 Å². The summed E-state index contributed by atoms with van der Waals surface area (Å²) in [6.07, 6.45) is 0. The predicted molar refractivity (Wildman–Crippen MR) is 74.9 cm³/mol. The molecule has 0 atom stereocenters. The van der Waals surface area contributed by atoms with Crippen molar-refractivity contribution in [2.75, 3.05) is 0 Å². The SMILES string of the molecule is Clc1ccc(COc2ccccc2I)cc1. The molecule has 16 heavy (non-hydrogen) atoms. The van der Waals surface area contributed by atoms with Gasteiger partial charge in [-0.15, -0.1) is 0 Å². The van der Waals surface area contributed by atoms with Gasteiger partial charge in [0.2, 0.25) is 0 Å². The highest BCUT2D eigenvalue weighted by atomic mass is 127. The fraction of sp³-hybridized carbons (Fsp3) is 0.0769. The molecule has 0 radical (unpaired) electrons. The summed E-state index contributed by atoms with van der Waals surface area (Å²) in [6, 6.07) is 15.6. The lowest BCUT2D eigenvalue weighted by Crippen LogP contribution is -1.96. The highest BCUT2D eigenvalue weighted by Crippen LogP contribution is 2.21. The molecule has 3 heteroatoms. The summed E-state index contributed by atoms with van der Waals surface area (Å²) >= 11 is 8.07. The Labute approximate surface area is 114 Å². The van der Waals surface area contributed by atoms with E-state index in [1.54, 1.807) is 0 Å². The Bertz CT molecular complexity index is 468. The summed E-state index contributed by atoms with van der Waals surface area (Å²) in [4.78, 5) is 0. The summed E-state index contributed by atoms with van der Waals surface area (Å²) in [5.41, 5.74) is 1.11. The lowest BCUT2D eigenvalue weighted by Gasteiger charge is -2.07. The van der Waals surface area contributed by atoms with E-state index < -0.39 is 0 Å². The average Bonchev–Trinajstić information content (AvgIpc) is 2.30. The Kier molecular flexibility index (Phi) is 4.07. The van der Waals surface area contributed by atoms with Crippen molar-refractivity contribution in [2.24, 2.45) is 0 Å². The lowest BCUT2D eigenvalue weighted by atomic mass is 10.2. The molecule has 0 unspecified atom stereocenters. The second kappa shape index (κ2) is 5.55. The number of halogens is 2. The van der Waals surface area contributed by atoms with Gasteiger partial charge in [-0.05, 0) is 52.4 Å². The summed E-state index contributed by atoms with van der Waals surface area (Å²) < 4.78 is 6.83. The van der Waals surface area contributed by atoms with Gasteiger partial charge in [-0.1, -0.05) is 35.9 Å². The Morgan fingerprint density at radius 1 is 1.00 bits per heavy atom. The van der Waals surface area contributed by atoms with E-state index in [2.05, 4.69) is 22.6 Å². The van der Waals surface area contributed by atoms with Crippen LogP contribution in [0.3, 0.4) is 0 Å².